The lowest BCUT2D eigenvalue weighted by Crippen LogP contribution is -1.98. The molecule has 1 rings (SSSR count). The number of aliphatic imine (C=N–C) groups is 1. The van der Waals surface area contributed by atoms with Gasteiger partial charge in [0.2, 0.25) is 0 Å². The molecule has 0 aliphatic rings. The normalized spacial score (nSPS) is 10.8. The summed E-state index contributed by atoms with van der Waals surface area (Å²) in [5.41, 5.74) is 1.20. The third-order valence-electron chi connectivity index (χ3n) is 1.62. The lowest BCUT2D eigenvalue weighted by molar-refractivity contribution is 0.625. The minimum Gasteiger partial charge on any atom is -0.387 e. The second-order valence-electron chi connectivity index (χ2n) is 2.49. The average molecular weight is 245 g/mol. The minimum atomic E-state index is -0.288. The van der Waals surface area contributed by atoms with Crippen molar-refractivity contribution < 1.29 is 4.39 Å². The molecule has 0 aliphatic heterocycles. The molecule has 0 heterocycles. The van der Waals surface area contributed by atoms with Gasteiger partial charge in [0.15, 0.2) is 0 Å². The predicted molar refractivity (Wildman–Crippen MR) is 57.2 cm³/mol. The van der Waals surface area contributed by atoms with E-state index in [1.165, 1.54) is 12.3 Å². The van der Waals surface area contributed by atoms with Gasteiger partial charge in [-0.05, 0) is 12.1 Å². The van der Waals surface area contributed by atoms with Crippen LogP contribution in [0.25, 0.3) is 0 Å². The summed E-state index contributed by atoms with van der Waals surface area (Å²) in [6.07, 6.45) is 1.49. The summed E-state index contributed by atoms with van der Waals surface area (Å²) in [6.45, 7) is 0. The standard InChI is InChI=1S/C9H10BrFN2/c1-12-5-7-8(11)3-6(10)4-9(7)13-2/h3-5,13H,1-2H3. The zero-order valence-electron chi connectivity index (χ0n) is 7.44. The summed E-state index contributed by atoms with van der Waals surface area (Å²) in [5, 5.41) is 2.90. The van der Waals surface area contributed by atoms with E-state index >= 15 is 0 Å². The highest BCUT2D eigenvalue weighted by Gasteiger charge is 2.06. The molecule has 4 heteroatoms. The lowest BCUT2D eigenvalue weighted by Gasteiger charge is -2.06. The molecule has 0 atom stereocenters. The van der Waals surface area contributed by atoms with Crippen LogP contribution < -0.4 is 5.32 Å². The van der Waals surface area contributed by atoms with Crippen molar-refractivity contribution in [3.05, 3.63) is 28.0 Å². The Bertz CT molecular complexity index is 337. The second-order valence-corrected chi connectivity index (χ2v) is 3.40. The lowest BCUT2D eigenvalue weighted by atomic mass is 10.2. The van der Waals surface area contributed by atoms with Crippen LogP contribution in [0.5, 0.6) is 0 Å². The number of benzene rings is 1. The highest BCUT2D eigenvalue weighted by molar-refractivity contribution is 9.10. The van der Waals surface area contributed by atoms with Gasteiger partial charge < -0.3 is 5.32 Å². The van der Waals surface area contributed by atoms with Crippen LogP contribution in [-0.4, -0.2) is 20.3 Å². The van der Waals surface area contributed by atoms with E-state index in [0.717, 1.165) is 5.69 Å². The van der Waals surface area contributed by atoms with E-state index in [4.69, 9.17) is 0 Å². The molecule has 13 heavy (non-hydrogen) atoms. The van der Waals surface area contributed by atoms with Gasteiger partial charge in [-0.3, -0.25) is 4.99 Å². The van der Waals surface area contributed by atoms with Gasteiger partial charge in [-0.25, -0.2) is 4.39 Å². The summed E-state index contributed by atoms with van der Waals surface area (Å²) in [7, 11) is 3.36. The minimum absolute atomic E-state index is 0.288. The Hall–Kier alpha value is -0.900. The van der Waals surface area contributed by atoms with E-state index in [9.17, 15) is 4.39 Å². The van der Waals surface area contributed by atoms with Crippen LogP contribution in [0, 0.1) is 5.82 Å². The average Bonchev–Trinajstić information content (AvgIpc) is 2.09. The first-order valence-corrected chi connectivity index (χ1v) is 4.57. The predicted octanol–water partition coefficient (Wildman–Crippen LogP) is 2.68. The van der Waals surface area contributed by atoms with Gasteiger partial charge in [0.05, 0.1) is 5.56 Å². The van der Waals surface area contributed by atoms with Crippen molar-refractivity contribution in [3.63, 3.8) is 0 Å². The zero-order chi connectivity index (χ0) is 9.84. The monoisotopic (exact) mass is 244 g/mol. The van der Waals surface area contributed by atoms with Crippen LogP contribution in [-0.2, 0) is 0 Å². The highest BCUT2D eigenvalue weighted by Crippen LogP contribution is 2.22. The van der Waals surface area contributed by atoms with E-state index in [0.29, 0.717) is 10.0 Å². The van der Waals surface area contributed by atoms with Gasteiger partial charge >= 0.3 is 0 Å². The smallest absolute Gasteiger partial charge is 0.135 e. The van der Waals surface area contributed by atoms with Gasteiger partial charge in [0.1, 0.15) is 5.82 Å². The Morgan fingerprint density at radius 1 is 1.54 bits per heavy atom. The molecule has 1 aromatic rings. The zero-order valence-corrected chi connectivity index (χ0v) is 9.02. The number of rotatable bonds is 2. The first-order valence-electron chi connectivity index (χ1n) is 3.78. The van der Waals surface area contributed by atoms with Crippen molar-refractivity contribution in [3.8, 4) is 0 Å². The number of nitrogens with zero attached hydrogens (tertiary/aromatic N) is 1. The van der Waals surface area contributed by atoms with Gasteiger partial charge in [0, 0.05) is 30.5 Å². The van der Waals surface area contributed by atoms with Crippen LogP contribution in [0.15, 0.2) is 21.6 Å². The molecular formula is C9H10BrFN2. The first-order chi connectivity index (χ1) is 6.19. The Morgan fingerprint density at radius 3 is 2.77 bits per heavy atom. The molecular weight excluding hydrogens is 235 g/mol. The SMILES string of the molecule is CN=Cc1c(F)cc(Br)cc1NC. The fraction of sp³-hybridized carbons (Fsp3) is 0.222. The van der Waals surface area contributed by atoms with E-state index in [1.54, 1.807) is 20.2 Å². The van der Waals surface area contributed by atoms with Crippen molar-refractivity contribution in [2.75, 3.05) is 19.4 Å². The molecule has 1 N–H and O–H groups in total. The van der Waals surface area contributed by atoms with Crippen LogP contribution in [0.2, 0.25) is 0 Å². The van der Waals surface area contributed by atoms with E-state index in [-0.39, 0.29) is 5.82 Å². The van der Waals surface area contributed by atoms with Gasteiger partial charge in [-0.15, -0.1) is 0 Å². The number of hydrogen-bond acceptors (Lipinski definition) is 2. The molecule has 2 nitrogen and oxygen atoms in total. The Labute approximate surface area is 85.0 Å². The fourth-order valence-corrected chi connectivity index (χ4v) is 1.48. The maximum absolute atomic E-state index is 13.3. The maximum atomic E-state index is 13.3. The number of nitrogens with one attached hydrogen (secondary N) is 1. The third kappa shape index (κ3) is 2.28. The highest BCUT2D eigenvalue weighted by atomic mass is 79.9. The van der Waals surface area contributed by atoms with Crippen LogP contribution in [0.4, 0.5) is 10.1 Å². The molecule has 0 saturated carbocycles. The van der Waals surface area contributed by atoms with Crippen molar-refractivity contribution >= 4 is 27.8 Å². The number of hydrogen-bond donors (Lipinski definition) is 1. The Morgan fingerprint density at radius 2 is 2.23 bits per heavy atom. The summed E-state index contributed by atoms with van der Waals surface area (Å²) in [5.74, 6) is -0.288. The molecule has 0 spiro atoms. The Kier molecular flexibility index (Phi) is 3.42. The first kappa shape index (κ1) is 10.2. The molecule has 0 saturated heterocycles. The largest absolute Gasteiger partial charge is 0.387 e. The molecule has 70 valence electrons. The molecule has 0 radical (unpaired) electrons. The van der Waals surface area contributed by atoms with Crippen molar-refractivity contribution in [1.29, 1.82) is 0 Å². The summed E-state index contributed by atoms with van der Waals surface area (Å²) >= 11 is 3.21. The van der Waals surface area contributed by atoms with Crippen molar-refractivity contribution in [2.45, 2.75) is 0 Å². The van der Waals surface area contributed by atoms with Gasteiger partial charge in [-0.1, -0.05) is 15.9 Å². The molecule has 0 aliphatic carbocycles. The molecule has 0 unspecified atom stereocenters. The second kappa shape index (κ2) is 4.37. The number of anilines is 1. The fourth-order valence-electron chi connectivity index (χ4n) is 1.05. The molecule has 0 amide bonds. The molecule has 0 bridgehead atoms. The van der Waals surface area contributed by atoms with E-state index < -0.39 is 0 Å². The van der Waals surface area contributed by atoms with Crippen LogP contribution in [0.3, 0.4) is 0 Å². The van der Waals surface area contributed by atoms with Crippen molar-refractivity contribution in [2.24, 2.45) is 4.99 Å². The van der Waals surface area contributed by atoms with E-state index in [1.807, 2.05) is 0 Å². The van der Waals surface area contributed by atoms with Gasteiger partial charge in [-0.2, -0.15) is 0 Å². The topological polar surface area (TPSA) is 24.4 Å². The molecule has 0 aromatic heterocycles. The molecule has 0 fully saturated rings. The summed E-state index contributed by atoms with van der Waals surface area (Å²) in [4.78, 5) is 3.78. The third-order valence-corrected chi connectivity index (χ3v) is 2.08. The Balaban J connectivity index is 3.29. The quantitative estimate of drug-likeness (QED) is 0.796. The number of halogens is 2. The van der Waals surface area contributed by atoms with Gasteiger partial charge in [0.25, 0.3) is 0 Å². The van der Waals surface area contributed by atoms with Crippen molar-refractivity contribution in [1.82, 2.24) is 0 Å². The molecule has 1 aromatic carbocycles. The maximum Gasteiger partial charge on any atom is 0.135 e. The van der Waals surface area contributed by atoms with E-state index in [2.05, 4.69) is 26.2 Å². The van der Waals surface area contributed by atoms with Crippen LogP contribution >= 0.6 is 15.9 Å². The van der Waals surface area contributed by atoms with Crippen LogP contribution in [0.1, 0.15) is 5.56 Å². The summed E-state index contributed by atoms with van der Waals surface area (Å²) in [6, 6.07) is 3.22. The summed E-state index contributed by atoms with van der Waals surface area (Å²) < 4.78 is 14.0.